The van der Waals surface area contributed by atoms with E-state index >= 15 is 0 Å². The van der Waals surface area contributed by atoms with Crippen molar-refractivity contribution >= 4 is 17.5 Å². The highest BCUT2D eigenvalue weighted by atomic mass is 32.2. The van der Waals surface area contributed by atoms with Gasteiger partial charge in [0, 0.05) is 17.8 Å². The second-order valence-corrected chi connectivity index (χ2v) is 5.51. The Bertz CT molecular complexity index is 594. The van der Waals surface area contributed by atoms with E-state index < -0.39 is 0 Å². The predicted octanol–water partition coefficient (Wildman–Crippen LogP) is 3.14. The first-order chi connectivity index (χ1) is 9.52. The Morgan fingerprint density at radius 1 is 1.15 bits per heavy atom. The molecule has 0 aliphatic carbocycles. The normalized spacial score (nSPS) is 10.6. The molecule has 1 aromatic heterocycles. The van der Waals surface area contributed by atoms with Crippen LogP contribution in [0.5, 0.6) is 0 Å². The standard InChI is InChI=1S/C15H15FN2OS/c1-10-7-11(2)18-15(17-10)20-9-14(19)8-12-3-5-13(16)6-4-12/h3-7H,8-9H2,1-2H3. The fourth-order valence-corrected chi connectivity index (χ4v) is 2.59. The maximum atomic E-state index is 12.8. The van der Waals surface area contributed by atoms with Crippen molar-refractivity contribution in [2.45, 2.75) is 25.4 Å². The fourth-order valence-electron chi connectivity index (χ4n) is 1.78. The average Bonchev–Trinajstić information content (AvgIpc) is 2.38. The lowest BCUT2D eigenvalue weighted by atomic mass is 10.1. The molecule has 0 aliphatic rings. The lowest BCUT2D eigenvalue weighted by molar-refractivity contribution is -0.116. The van der Waals surface area contributed by atoms with E-state index in [-0.39, 0.29) is 11.6 Å². The molecule has 0 spiro atoms. The van der Waals surface area contributed by atoms with Crippen molar-refractivity contribution in [1.82, 2.24) is 9.97 Å². The van der Waals surface area contributed by atoms with E-state index in [1.807, 2.05) is 19.9 Å². The van der Waals surface area contributed by atoms with Gasteiger partial charge in [-0.05, 0) is 37.6 Å². The summed E-state index contributed by atoms with van der Waals surface area (Å²) in [5, 5.41) is 0.620. The Hall–Kier alpha value is -1.75. The number of thioether (sulfide) groups is 1. The first kappa shape index (κ1) is 14.7. The minimum Gasteiger partial charge on any atom is -0.298 e. The van der Waals surface area contributed by atoms with Crippen molar-refractivity contribution in [3.63, 3.8) is 0 Å². The fraction of sp³-hybridized carbons (Fsp3) is 0.267. The summed E-state index contributed by atoms with van der Waals surface area (Å²) >= 11 is 1.33. The van der Waals surface area contributed by atoms with Crippen LogP contribution >= 0.6 is 11.8 Å². The van der Waals surface area contributed by atoms with Gasteiger partial charge in [-0.15, -0.1) is 0 Å². The summed E-state index contributed by atoms with van der Waals surface area (Å²) in [6.45, 7) is 3.80. The van der Waals surface area contributed by atoms with Crippen LogP contribution in [0.4, 0.5) is 4.39 Å². The van der Waals surface area contributed by atoms with E-state index in [2.05, 4.69) is 9.97 Å². The molecule has 0 saturated carbocycles. The van der Waals surface area contributed by atoms with E-state index in [4.69, 9.17) is 0 Å². The monoisotopic (exact) mass is 290 g/mol. The molecule has 5 heteroatoms. The zero-order valence-corrected chi connectivity index (χ0v) is 12.2. The van der Waals surface area contributed by atoms with Crippen LogP contribution in [0, 0.1) is 19.7 Å². The van der Waals surface area contributed by atoms with Crippen molar-refractivity contribution in [3.8, 4) is 0 Å². The molecule has 0 aliphatic heterocycles. The quantitative estimate of drug-likeness (QED) is 0.627. The van der Waals surface area contributed by atoms with Crippen molar-refractivity contribution in [2.24, 2.45) is 0 Å². The van der Waals surface area contributed by atoms with Gasteiger partial charge in [0.15, 0.2) is 5.16 Å². The Morgan fingerprint density at radius 3 is 2.35 bits per heavy atom. The number of rotatable bonds is 5. The Labute approximate surface area is 121 Å². The molecule has 20 heavy (non-hydrogen) atoms. The molecule has 0 N–H and O–H groups in total. The number of hydrogen-bond donors (Lipinski definition) is 0. The van der Waals surface area contributed by atoms with Gasteiger partial charge in [0.25, 0.3) is 0 Å². The van der Waals surface area contributed by atoms with Gasteiger partial charge < -0.3 is 0 Å². The van der Waals surface area contributed by atoms with Gasteiger partial charge in [0.2, 0.25) is 0 Å². The third kappa shape index (κ3) is 4.42. The second-order valence-electron chi connectivity index (χ2n) is 4.56. The van der Waals surface area contributed by atoms with Gasteiger partial charge in [0.1, 0.15) is 11.6 Å². The molecule has 0 radical (unpaired) electrons. The third-order valence-corrected chi connectivity index (χ3v) is 3.55. The number of carbonyl (C=O) groups is 1. The van der Waals surface area contributed by atoms with Crippen molar-refractivity contribution in [2.75, 3.05) is 5.75 Å². The lowest BCUT2D eigenvalue weighted by Gasteiger charge is -2.03. The highest BCUT2D eigenvalue weighted by Crippen LogP contribution is 2.15. The van der Waals surface area contributed by atoms with Crippen molar-refractivity contribution in [1.29, 1.82) is 0 Å². The zero-order valence-electron chi connectivity index (χ0n) is 11.4. The van der Waals surface area contributed by atoms with Crippen molar-refractivity contribution in [3.05, 3.63) is 53.1 Å². The number of aryl methyl sites for hydroxylation is 2. The Kier molecular flexibility index (Phi) is 4.84. The molecule has 0 saturated heterocycles. The number of benzene rings is 1. The molecule has 0 amide bonds. The lowest BCUT2D eigenvalue weighted by Crippen LogP contribution is -2.06. The van der Waals surface area contributed by atoms with Crippen LogP contribution in [-0.4, -0.2) is 21.5 Å². The van der Waals surface area contributed by atoms with E-state index in [0.29, 0.717) is 17.3 Å². The Balaban J connectivity index is 1.90. The number of ketones is 1. The number of nitrogens with zero attached hydrogens (tertiary/aromatic N) is 2. The smallest absolute Gasteiger partial charge is 0.188 e. The number of hydrogen-bond acceptors (Lipinski definition) is 4. The van der Waals surface area contributed by atoms with Crippen LogP contribution in [0.3, 0.4) is 0 Å². The summed E-state index contributed by atoms with van der Waals surface area (Å²) in [6, 6.07) is 7.88. The van der Waals surface area contributed by atoms with Crippen LogP contribution in [0.2, 0.25) is 0 Å². The van der Waals surface area contributed by atoms with Gasteiger partial charge in [-0.25, -0.2) is 14.4 Å². The molecule has 1 aromatic carbocycles. The maximum absolute atomic E-state index is 12.8. The van der Waals surface area contributed by atoms with E-state index in [1.165, 1.54) is 23.9 Å². The first-order valence-electron chi connectivity index (χ1n) is 6.24. The predicted molar refractivity (Wildman–Crippen MR) is 77.3 cm³/mol. The van der Waals surface area contributed by atoms with Crippen LogP contribution in [0.15, 0.2) is 35.5 Å². The molecule has 0 fully saturated rings. The molecule has 2 aromatic rings. The molecule has 3 nitrogen and oxygen atoms in total. The van der Waals surface area contributed by atoms with Crippen LogP contribution < -0.4 is 0 Å². The number of halogens is 1. The summed E-state index contributed by atoms with van der Waals surface area (Å²) in [4.78, 5) is 20.4. The van der Waals surface area contributed by atoms with Crippen LogP contribution in [0.1, 0.15) is 17.0 Å². The molecule has 104 valence electrons. The van der Waals surface area contributed by atoms with Crippen LogP contribution in [-0.2, 0) is 11.2 Å². The topological polar surface area (TPSA) is 42.9 Å². The van der Waals surface area contributed by atoms with Crippen LogP contribution in [0.25, 0.3) is 0 Å². The molecule has 0 unspecified atom stereocenters. The van der Waals surface area contributed by atoms with Gasteiger partial charge in [-0.1, -0.05) is 23.9 Å². The molecule has 2 rings (SSSR count). The highest BCUT2D eigenvalue weighted by Gasteiger charge is 2.07. The van der Waals surface area contributed by atoms with E-state index in [9.17, 15) is 9.18 Å². The molecular formula is C15H15FN2OS. The van der Waals surface area contributed by atoms with Gasteiger partial charge >= 0.3 is 0 Å². The number of aromatic nitrogens is 2. The van der Waals surface area contributed by atoms with E-state index in [0.717, 1.165) is 17.0 Å². The molecule has 1 heterocycles. The average molecular weight is 290 g/mol. The highest BCUT2D eigenvalue weighted by molar-refractivity contribution is 7.99. The van der Waals surface area contributed by atoms with Gasteiger partial charge in [-0.2, -0.15) is 0 Å². The molecule has 0 bridgehead atoms. The SMILES string of the molecule is Cc1cc(C)nc(SCC(=O)Cc2ccc(F)cc2)n1. The maximum Gasteiger partial charge on any atom is 0.188 e. The number of Topliss-reactive ketones (excluding diaryl/α,β-unsaturated/α-hetero) is 1. The van der Waals surface area contributed by atoms with Gasteiger partial charge in [-0.3, -0.25) is 4.79 Å². The van der Waals surface area contributed by atoms with Gasteiger partial charge in [0.05, 0.1) is 5.75 Å². The minimum atomic E-state index is -0.292. The summed E-state index contributed by atoms with van der Waals surface area (Å²) < 4.78 is 12.8. The largest absolute Gasteiger partial charge is 0.298 e. The summed E-state index contributed by atoms with van der Waals surface area (Å²) in [6.07, 6.45) is 0.304. The minimum absolute atomic E-state index is 0.0735. The molecular weight excluding hydrogens is 275 g/mol. The Morgan fingerprint density at radius 2 is 1.75 bits per heavy atom. The third-order valence-electron chi connectivity index (χ3n) is 2.64. The zero-order chi connectivity index (χ0) is 14.5. The second kappa shape index (κ2) is 6.61. The summed E-state index contributed by atoms with van der Waals surface area (Å²) in [5.41, 5.74) is 2.61. The van der Waals surface area contributed by atoms with E-state index in [1.54, 1.807) is 12.1 Å². The molecule has 0 atom stereocenters. The summed E-state index contributed by atoms with van der Waals surface area (Å²) in [5.74, 6) is 0.101. The number of carbonyl (C=O) groups excluding carboxylic acids is 1. The van der Waals surface area contributed by atoms with Crippen molar-refractivity contribution < 1.29 is 9.18 Å². The first-order valence-corrected chi connectivity index (χ1v) is 7.23. The summed E-state index contributed by atoms with van der Waals surface area (Å²) in [7, 11) is 0.